The smallest absolute Gasteiger partial charge is 0.231 e. The lowest BCUT2D eigenvalue weighted by atomic mass is 10.1. The minimum Gasteiger partial charge on any atom is -0.454 e. The highest BCUT2D eigenvalue weighted by Crippen LogP contribution is 2.32. The number of ether oxygens (including phenoxy) is 2. The van der Waals surface area contributed by atoms with E-state index in [1.807, 2.05) is 40.8 Å². The average molecular weight is 357 g/mol. The van der Waals surface area contributed by atoms with Crippen LogP contribution in [-0.4, -0.2) is 39.0 Å². The van der Waals surface area contributed by atoms with Gasteiger partial charge in [0.15, 0.2) is 11.5 Å². The van der Waals surface area contributed by atoms with Crippen LogP contribution in [0.2, 0.25) is 0 Å². The van der Waals surface area contributed by atoms with E-state index in [-0.39, 0.29) is 12.7 Å². The maximum atomic E-state index is 12.8. The van der Waals surface area contributed by atoms with Gasteiger partial charge in [0.25, 0.3) is 0 Å². The largest absolute Gasteiger partial charge is 0.454 e. The Labute approximate surface area is 152 Å². The molecule has 0 fully saturated rings. The monoisotopic (exact) mass is 357 g/mol. The van der Waals surface area contributed by atoms with Gasteiger partial charge in [-0.2, -0.15) is 5.10 Å². The van der Waals surface area contributed by atoms with Crippen molar-refractivity contribution in [3.8, 4) is 11.5 Å². The van der Waals surface area contributed by atoms with Gasteiger partial charge in [-0.15, -0.1) is 0 Å². The predicted octanol–water partition coefficient (Wildman–Crippen LogP) is 2.03. The highest BCUT2D eigenvalue weighted by molar-refractivity contribution is 5.79. The molecule has 7 nitrogen and oxygen atoms in total. The Kier molecular flexibility index (Phi) is 4.55. The number of hydrogen-bond acceptors (Lipinski definition) is 5. The normalized spacial score (nSPS) is 16.9. The van der Waals surface area contributed by atoms with Crippen LogP contribution in [0.4, 0.5) is 0 Å². The van der Waals surface area contributed by atoms with Gasteiger partial charge >= 0.3 is 0 Å². The number of benzene rings is 1. The molecule has 0 saturated carbocycles. The Balaban J connectivity index is 1.47. The van der Waals surface area contributed by atoms with E-state index in [1.165, 1.54) is 0 Å². The third-order valence-corrected chi connectivity index (χ3v) is 4.91. The fourth-order valence-corrected chi connectivity index (χ4v) is 3.41. The first-order valence-electron chi connectivity index (χ1n) is 9.05. The molecule has 2 aliphatic rings. The van der Waals surface area contributed by atoms with Gasteiger partial charge in [0.1, 0.15) is 0 Å². The van der Waals surface area contributed by atoms with Gasteiger partial charge in [-0.25, -0.2) is 0 Å². The average Bonchev–Trinajstić information content (AvgIpc) is 3.22. The fourth-order valence-electron chi connectivity index (χ4n) is 3.41. The minimum atomic E-state index is -0.549. The zero-order valence-corrected chi connectivity index (χ0v) is 14.9. The van der Waals surface area contributed by atoms with E-state index in [0.717, 1.165) is 30.0 Å². The summed E-state index contributed by atoms with van der Waals surface area (Å²) in [7, 11) is 0. The van der Waals surface area contributed by atoms with Gasteiger partial charge in [-0.05, 0) is 36.6 Å². The molecule has 7 heteroatoms. The van der Waals surface area contributed by atoms with Gasteiger partial charge < -0.3 is 19.5 Å². The molecule has 1 N–H and O–H groups in total. The molecule has 0 spiro atoms. The second kappa shape index (κ2) is 6.99. The van der Waals surface area contributed by atoms with Crippen LogP contribution < -0.4 is 9.47 Å². The predicted molar refractivity (Wildman–Crippen MR) is 93.8 cm³/mol. The number of carbonyl (C=O) groups is 1. The van der Waals surface area contributed by atoms with E-state index in [2.05, 4.69) is 5.10 Å². The van der Waals surface area contributed by atoms with Crippen LogP contribution >= 0.6 is 0 Å². The third-order valence-electron chi connectivity index (χ3n) is 4.91. The van der Waals surface area contributed by atoms with Crippen LogP contribution in [0.25, 0.3) is 0 Å². The summed E-state index contributed by atoms with van der Waals surface area (Å²) in [6.07, 6.45) is 1.26. The quantitative estimate of drug-likeness (QED) is 0.906. The van der Waals surface area contributed by atoms with E-state index >= 15 is 0 Å². The van der Waals surface area contributed by atoms with Crippen molar-refractivity contribution in [2.24, 2.45) is 0 Å². The number of aliphatic hydroxyl groups excluding tert-OH is 1. The van der Waals surface area contributed by atoms with Crippen LogP contribution in [0.1, 0.15) is 42.8 Å². The third kappa shape index (κ3) is 3.26. The van der Waals surface area contributed by atoms with E-state index in [1.54, 1.807) is 0 Å². The van der Waals surface area contributed by atoms with Crippen molar-refractivity contribution in [3.05, 3.63) is 41.2 Å². The highest BCUT2D eigenvalue weighted by atomic mass is 16.7. The summed E-state index contributed by atoms with van der Waals surface area (Å²) in [5, 5.41) is 14.5. The van der Waals surface area contributed by atoms with Crippen molar-refractivity contribution in [2.75, 3.05) is 13.3 Å². The number of aliphatic hydroxyl groups is 1. The second-order valence-corrected chi connectivity index (χ2v) is 6.74. The maximum Gasteiger partial charge on any atom is 0.231 e. The van der Waals surface area contributed by atoms with Crippen molar-refractivity contribution in [1.82, 2.24) is 14.7 Å². The van der Waals surface area contributed by atoms with Crippen LogP contribution in [0.15, 0.2) is 24.3 Å². The molecule has 2 aromatic rings. The van der Waals surface area contributed by atoms with Crippen molar-refractivity contribution < 1.29 is 19.4 Å². The molecule has 0 aliphatic carbocycles. The summed E-state index contributed by atoms with van der Waals surface area (Å²) < 4.78 is 12.6. The summed E-state index contributed by atoms with van der Waals surface area (Å²) >= 11 is 0. The second-order valence-electron chi connectivity index (χ2n) is 6.74. The molecule has 0 radical (unpaired) electrons. The molecule has 2 aliphatic heterocycles. The Hall–Kier alpha value is -2.54. The van der Waals surface area contributed by atoms with Crippen molar-refractivity contribution in [3.63, 3.8) is 0 Å². The van der Waals surface area contributed by atoms with Gasteiger partial charge in [0.2, 0.25) is 12.7 Å². The van der Waals surface area contributed by atoms with Crippen LogP contribution in [0.5, 0.6) is 11.5 Å². The van der Waals surface area contributed by atoms with E-state index in [4.69, 9.17) is 9.47 Å². The minimum absolute atomic E-state index is 0.0797. The molecular formula is C19H23N3O4. The SMILES string of the molecule is CC[C@H](O)c1cc2n(n1)CCCN(C(=O)Cc1ccc3c(c1)OCO3)C2. The summed E-state index contributed by atoms with van der Waals surface area (Å²) in [5.41, 5.74) is 2.58. The lowest BCUT2D eigenvalue weighted by Gasteiger charge is -2.20. The topological polar surface area (TPSA) is 76.8 Å². The van der Waals surface area contributed by atoms with Crippen LogP contribution in [0.3, 0.4) is 0 Å². The Morgan fingerprint density at radius 3 is 2.96 bits per heavy atom. The van der Waals surface area contributed by atoms with Crippen LogP contribution in [-0.2, 0) is 24.3 Å². The molecule has 26 heavy (non-hydrogen) atoms. The fraction of sp³-hybridized carbons (Fsp3) is 0.474. The van der Waals surface area contributed by atoms with Crippen molar-refractivity contribution >= 4 is 5.91 Å². The summed E-state index contributed by atoms with van der Waals surface area (Å²) in [5.74, 6) is 1.50. The standard InChI is InChI=1S/C19H23N3O4/c1-2-16(23)15-10-14-11-21(6-3-7-22(14)20-15)19(24)9-13-4-5-17-18(8-13)26-12-25-17/h4-5,8,10,16,23H,2-3,6-7,9,11-12H2,1H3/t16-/m0/s1. The van der Waals surface area contributed by atoms with Crippen LogP contribution in [0, 0.1) is 0 Å². The zero-order chi connectivity index (χ0) is 18.1. The Morgan fingerprint density at radius 2 is 2.12 bits per heavy atom. The summed E-state index contributed by atoms with van der Waals surface area (Å²) in [6.45, 7) is 4.15. The van der Waals surface area contributed by atoms with Gasteiger partial charge in [0.05, 0.1) is 30.5 Å². The number of carbonyl (C=O) groups excluding carboxylic acids is 1. The molecule has 4 rings (SSSR count). The lowest BCUT2D eigenvalue weighted by Crippen LogP contribution is -2.32. The number of fused-ring (bicyclic) bond motifs is 2. The molecule has 1 atom stereocenters. The van der Waals surface area contributed by atoms with Gasteiger partial charge in [-0.1, -0.05) is 13.0 Å². The van der Waals surface area contributed by atoms with E-state index in [9.17, 15) is 9.90 Å². The molecule has 1 aromatic heterocycles. The molecular weight excluding hydrogens is 334 g/mol. The first-order chi connectivity index (χ1) is 12.6. The molecule has 1 amide bonds. The van der Waals surface area contributed by atoms with Crippen molar-refractivity contribution in [2.45, 2.75) is 45.4 Å². The molecule has 0 bridgehead atoms. The number of rotatable bonds is 4. The molecule has 3 heterocycles. The summed E-state index contributed by atoms with van der Waals surface area (Å²) in [6, 6.07) is 7.54. The first-order valence-corrected chi connectivity index (χ1v) is 9.05. The lowest BCUT2D eigenvalue weighted by molar-refractivity contribution is -0.131. The Morgan fingerprint density at radius 1 is 1.27 bits per heavy atom. The number of amides is 1. The maximum absolute atomic E-state index is 12.8. The Bertz CT molecular complexity index is 817. The van der Waals surface area contributed by atoms with E-state index in [0.29, 0.717) is 37.4 Å². The molecule has 0 saturated heterocycles. The number of hydrogen-bond donors (Lipinski definition) is 1. The van der Waals surface area contributed by atoms with Crippen molar-refractivity contribution in [1.29, 1.82) is 0 Å². The molecule has 1 aromatic carbocycles. The number of nitrogens with zero attached hydrogens (tertiary/aromatic N) is 3. The first kappa shape index (κ1) is 16.9. The number of aromatic nitrogens is 2. The highest BCUT2D eigenvalue weighted by Gasteiger charge is 2.23. The number of aryl methyl sites for hydroxylation is 1. The van der Waals surface area contributed by atoms with Gasteiger partial charge in [0, 0.05) is 13.1 Å². The zero-order valence-electron chi connectivity index (χ0n) is 14.9. The molecule has 138 valence electrons. The summed E-state index contributed by atoms with van der Waals surface area (Å²) in [4.78, 5) is 14.7. The van der Waals surface area contributed by atoms with E-state index < -0.39 is 6.10 Å². The van der Waals surface area contributed by atoms with Gasteiger partial charge in [-0.3, -0.25) is 9.48 Å². The molecule has 0 unspecified atom stereocenters.